The number of nitro groups is 1. The third-order valence-corrected chi connectivity index (χ3v) is 4.57. The van der Waals surface area contributed by atoms with Crippen LogP contribution in [0.2, 0.25) is 0 Å². The lowest BCUT2D eigenvalue weighted by molar-refractivity contribution is -0.385. The minimum absolute atomic E-state index is 0.145. The minimum atomic E-state index is -4.09. The van der Waals surface area contributed by atoms with Crippen LogP contribution in [0.25, 0.3) is 0 Å². The quantitative estimate of drug-likeness (QED) is 0.619. The molecule has 0 heterocycles. The summed E-state index contributed by atoms with van der Waals surface area (Å²) < 4.78 is 39.8. The maximum absolute atomic E-state index is 13.6. The van der Waals surface area contributed by atoms with Crippen LogP contribution in [0.1, 0.15) is 26.7 Å². The molecule has 20 heavy (non-hydrogen) atoms. The molecule has 0 spiro atoms. The van der Waals surface area contributed by atoms with Crippen molar-refractivity contribution in [2.45, 2.75) is 31.6 Å². The molecular weight excluding hydrogens is 287 g/mol. The summed E-state index contributed by atoms with van der Waals surface area (Å²) in [5.41, 5.74) is -0.464. The average molecular weight is 304 g/mol. The van der Waals surface area contributed by atoms with E-state index in [0.717, 1.165) is 31.0 Å². The van der Waals surface area contributed by atoms with Gasteiger partial charge >= 0.3 is 0 Å². The predicted octanol–water partition coefficient (Wildman–Crippen LogP) is 2.45. The van der Waals surface area contributed by atoms with Crippen LogP contribution in [0, 0.1) is 21.8 Å². The summed E-state index contributed by atoms with van der Waals surface area (Å²) in [4.78, 5) is 9.16. The van der Waals surface area contributed by atoms with Gasteiger partial charge in [-0.15, -0.1) is 0 Å². The van der Waals surface area contributed by atoms with Gasteiger partial charge in [-0.2, -0.15) is 0 Å². The highest BCUT2D eigenvalue weighted by Crippen LogP contribution is 2.21. The second kappa shape index (κ2) is 6.76. The van der Waals surface area contributed by atoms with Crippen LogP contribution in [0.3, 0.4) is 0 Å². The highest BCUT2D eigenvalue weighted by atomic mass is 32.2. The normalized spacial score (nSPS) is 11.8. The molecule has 1 aromatic carbocycles. The van der Waals surface area contributed by atoms with Crippen molar-refractivity contribution in [3.63, 3.8) is 0 Å². The topological polar surface area (TPSA) is 89.3 Å². The van der Waals surface area contributed by atoms with Crippen molar-refractivity contribution in [1.82, 2.24) is 4.72 Å². The van der Waals surface area contributed by atoms with Crippen LogP contribution in [0.4, 0.5) is 10.1 Å². The van der Waals surface area contributed by atoms with Gasteiger partial charge in [0.05, 0.1) is 4.92 Å². The van der Waals surface area contributed by atoms with Crippen LogP contribution in [0.5, 0.6) is 0 Å². The molecule has 1 rings (SSSR count). The Kier molecular flexibility index (Phi) is 5.58. The Morgan fingerprint density at radius 2 is 1.95 bits per heavy atom. The highest BCUT2D eigenvalue weighted by Gasteiger charge is 2.23. The number of nitrogens with zero attached hydrogens (tertiary/aromatic N) is 1. The van der Waals surface area contributed by atoms with Gasteiger partial charge in [0.2, 0.25) is 10.0 Å². The Morgan fingerprint density at radius 1 is 1.35 bits per heavy atom. The zero-order valence-corrected chi connectivity index (χ0v) is 12.1. The van der Waals surface area contributed by atoms with E-state index in [1.807, 2.05) is 13.8 Å². The molecule has 0 aromatic heterocycles. The summed E-state index contributed by atoms with van der Waals surface area (Å²) >= 11 is 0. The maximum Gasteiger partial charge on any atom is 0.270 e. The first-order valence-corrected chi connectivity index (χ1v) is 7.73. The molecule has 0 unspecified atom stereocenters. The average Bonchev–Trinajstić information content (AvgIpc) is 2.39. The van der Waals surface area contributed by atoms with E-state index in [4.69, 9.17) is 0 Å². The Morgan fingerprint density at radius 3 is 2.45 bits per heavy atom. The SMILES string of the molecule is CCC(CC)CNS(=O)(=O)c1cc([N+](=O)[O-])ccc1F. The zero-order chi connectivity index (χ0) is 15.3. The summed E-state index contributed by atoms with van der Waals surface area (Å²) in [6.45, 7) is 4.03. The first-order chi connectivity index (χ1) is 9.31. The molecule has 6 nitrogen and oxygen atoms in total. The minimum Gasteiger partial charge on any atom is -0.258 e. The molecule has 8 heteroatoms. The standard InChI is InChI=1S/C12H17FN2O4S/c1-3-9(4-2)8-14-20(18,19)12-7-10(15(16)17)5-6-11(12)13/h5-7,9,14H,3-4,8H2,1-2H3. The number of nitro benzene ring substituents is 1. The van der Waals surface area contributed by atoms with E-state index in [9.17, 15) is 22.9 Å². The molecule has 0 bridgehead atoms. The molecule has 0 radical (unpaired) electrons. The first-order valence-electron chi connectivity index (χ1n) is 6.25. The van der Waals surface area contributed by atoms with E-state index >= 15 is 0 Å². The Bertz CT molecular complexity index is 585. The lowest BCUT2D eigenvalue weighted by Gasteiger charge is -2.13. The van der Waals surface area contributed by atoms with Crippen molar-refractivity contribution in [3.8, 4) is 0 Å². The van der Waals surface area contributed by atoms with Crippen molar-refractivity contribution in [2.24, 2.45) is 5.92 Å². The fourth-order valence-corrected chi connectivity index (χ4v) is 2.91. The third kappa shape index (κ3) is 3.97. The van der Waals surface area contributed by atoms with Gasteiger partial charge in [0, 0.05) is 18.7 Å². The number of halogens is 1. The molecule has 0 atom stereocenters. The summed E-state index contributed by atoms with van der Waals surface area (Å²) in [7, 11) is -4.09. The second-order valence-corrected chi connectivity index (χ2v) is 6.14. The molecule has 0 aliphatic carbocycles. The molecule has 0 amide bonds. The van der Waals surface area contributed by atoms with Crippen LogP contribution in [0.15, 0.2) is 23.1 Å². The predicted molar refractivity (Wildman–Crippen MR) is 72.3 cm³/mol. The van der Waals surface area contributed by atoms with Gasteiger partial charge in [-0.05, 0) is 12.0 Å². The molecule has 0 saturated heterocycles. The molecule has 1 N–H and O–H groups in total. The number of non-ortho nitro benzene ring substituents is 1. The summed E-state index contributed by atoms with van der Waals surface area (Å²) in [5, 5.41) is 10.6. The number of benzene rings is 1. The number of hydrogen-bond donors (Lipinski definition) is 1. The van der Waals surface area contributed by atoms with Gasteiger partial charge in [0.15, 0.2) is 0 Å². The number of sulfonamides is 1. The van der Waals surface area contributed by atoms with E-state index in [-0.39, 0.29) is 12.5 Å². The molecule has 1 aromatic rings. The maximum atomic E-state index is 13.6. The summed E-state index contributed by atoms with van der Waals surface area (Å²) in [6.07, 6.45) is 1.58. The van der Waals surface area contributed by atoms with Crippen LogP contribution in [-0.2, 0) is 10.0 Å². The summed E-state index contributed by atoms with van der Waals surface area (Å²) in [6, 6.07) is 2.43. The van der Waals surface area contributed by atoms with Gasteiger partial charge in [-0.1, -0.05) is 26.7 Å². The Hall–Kier alpha value is -1.54. The zero-order valence-electron chi connectivity index (χ0n) is 11.3. The largest absolute Gasteiger partial charge is 0.270 e. The molecule has 0 aliphatic heterocycles. The first kappa shape index (κ1) is 16.5. The van der Waals surface area contributed by atoms with Crippen LogP contribution >= 0.6 is 0 Å². The van der Waals surface area contributed by atoms with Crippen LogP contribution in [-0.4, -0.2) is 19.9 Å². The molecule has 0 saturated carbocycles. The Balaban J connectivity index is 3.03. The summed E-state index contributed by atoms with van der Waals surface area (Å²) in [5.74, 6) is -0.862. The van der Waals surface area contributed by atoms with Crippen LogP contribution < -0.4 is 4.72 Å². The van der Waals surface area contributed by atoms with Crippen molar-refractivity contribution in [1.29, 1.82) is 0 Å². The van der Waals surface area contributed by atoms with Crippen molar-refractivity contribution in [2.75, 3.05) is 6.54 Å². The van der Waals surface area contributed by atoms with Gasteiger partial charge in [0.25, 0.3) is 5.69 Å². The molecule has 0 fully saturated rings. The molecule has 112 valence electrons. The lowest BCUT2D eigenvalue weighted by Crippen LogP contribution is -2.29. The Labute approximate surface area is 117 Å². The van der Waals surface area contributed by atoms with E-state index < -0.39 is 31.3 Å². The van der Waals surface area contributed by atoms with Gasteiger partial charge in [-0.3, -0.25) is 10.1 Å². The van der Waals surface area contributed by atoms with Gasteiger partial charge in [0.1, 0.15) is 10.7 Å². The van der Waals surface area contributed by atoms with Gasteiger partial charge in [-0.25, -0.2) is 17.5 Å². The number of rotatable bonds is 7. The monoisotopic (exact) mass is 304 g/mol. The van der Waals surface area contributed by atoms with Crippen molar-refractivity contribution >= 4 is 15.7 Å². The van der Waals surface area contributed by atoms with E-state index in [0.29, 0.717) is 0 Å². The third-order valence-electron chi connectivity index (χ3n) is 3.13. The highest BCUT2D eigenvalue weighted by molar-refractivity contribution is 7.89. The molecular formula is C12H17FN2O4S. The van der Waals surface area contributed by atoms with E-state index in [1.165, 1.54) is 0 Å². The smallest absolute Gasteiger partial charge is 0.258 e. The fraction of sp³-hybridized carbons (Fsp3) is 0.500. The van der Waals surface area contributed by atoms with Crippen molar-refractivity contribution in [3.05, 3.63) is 34.1 Å². The van der Waals surface area contributed by atoms with Gasteiger partial charge < -0.3 is 0 Å². The lowest BCUT2D eigenvalue weighted by atomic mass is 10.0. The van der Waals surface area contributed by atoms with E-state index in [1.54, 1.807) is 0 Å². The number of hydrogen-bond acceptors (Lipinski definition) is 4. The molecule has 0 aliphatic rings. The number of nitrogens with one attached hydrogen (secondary N) is 1. The second-order valence-electron chi connectivity index (χ2n) is 4.41. The fourth-order valence-electron chi connectivity index (χ4n) is 1.69. The van der Waals surface area contributed by atoms with Crippen molar-refractivity contribution < 1.29 is 17.7 Å². The van der Waals surface area contributed by atoms with E-state index in [2.05, 4.69) is 4.72 Å².